The number of hydrogen-bond acceptors (Lipinski definition) is 4. The minimum Gasteiger partial charge on any atom is -0.350 e. The zero-order valence-electron chi connectivity index (χ0n) is 11.3. The van der Waals surface area contributed by atoms with Crippen LogP contribution in [-0.4, -0.2) is 30.5 Å². The molecule has 2 N–H and O–H groups in total. The fraction of sp³-hybridized carbons (Fsp3) is 0.286. The molecule has 2 aromatic rings. The van der Waals surface area contributed by atoms with Crippen molar-refractivity contribution in [3.63, 3.8) is 0 Å². The Bertz CT molecular complexity index is 600. The van der Waals surface area contributed by atoms with E-state index in [1.165, 1.54) is 23.6 Å². The lowest BCUT2D eigenvalue weighted by Crippen LogP contribution is -2.36. The van der Waals surface area contributed by atoms with Crippen LogP contribution in [0.3, 0.4) is 0 Å². The van der Waals surface area contributed by atoms with E-state index in [-0.39, 0.29) is 17.8 Å². The maximum atomic E-state index is 13.6. The number of benzene rings is 1. The van der Waals surface area contributed by atoms with Gasteiger partial charge in [0.05, 0.1) is 6.20 Å². The molecule has 2 rings (SSSR count). The third kappa shape index (κ3) is 3.40. The van der Waals surface area contributed by atoms with Gasteiger partial charge < -0.3 is 10.6 Å². The van der Waals surface area contributed by atoms with Gasteiger partial charge in [-0.2, -0.15) is 0 Å². The molecule has 1 aromatic heterocycles. The molecule has 0 radical (unpaired) electrons. The molecule has 0 fully saturated rings. The predicted octanol–water partition coefficient (Wildman–Crippen LogP) is 2.29. The highest BCUT2D eigenvalue weighted by Gasteiger charge is 2.14. The van der Waals surface area contributed by atoms with Crippen LogP contribution in [-0.2, 0) is 0 Å². The summed E-state index contributed by atoms with van der Waals surface area (Å²) in [6.07, 6.45) is 1.48. The van der Waals surface area contributed by atoms with Crippen molar-refractivity contribution >= 4 is 17.2 Å². The number of nitrogens with zero attached hydrogens (tertiary/aromatic N) is 1. The largest absolute Gasteiger partial charge is 0.350 e. The van der Waals surface area contributed by atoms with Crippen molar-refractivity contribution in [1.29, 1.82) is 0 Å². The van der Waals surface area contributed by atoms with Crippen LogP contribution in [0.2, 0.25) is 0 Å². The van der Waals surface area contributed by atoms with Gasteiger partial charge in [0.25, 0.3) is 5.91 Å². The number of aromatic nitrogens is 1. The average molecular weight is 293 g/mol. The number of rotatable bonds is 5. The van der Waals surface area contributed by atoms with Crippen molar-refractivity contribution in [3.8, 4) is 10.6 Å². The van der Waals surface area contributed by atoms with Crippen molar-refractivity contribution in [2.45, 2.75) is 13.0 Å². The van der Waals surface area contributed by atoms with Gasteiger partial charge in [0, 0.05) is 18.2 Å². The first-order valence-electron chi connectivity index (χ1n) is 6.28. The lowest BCUT2D eigenvalue weighted by atomic mass is 10.2. The molecule has 1 unspecified atom stereocenters. The van der Waals surface area contributed by atoms with E-state index in [2.05, 4.69) is 15.6 Å². The average Bonchev–Trinajstić information content (AvgIpc) is 2.94. The smallest absolute Gasteiger partial charge is 0.263 e. The summed E-state index contributed by atoms with van der Waals surface area (Å²) < 4.78 is 13.6. The highest BCUT2D eigenvalue weighted by Crippen LogP contribution is 2.27. The molecule has 1 atom stereocenters. The monoisotopic (exact) mass is 293 g/mol. The maximum absolute atomic E-state index is 13.6. The Balaban J connectivity index is 2.09. The van der Waals surface area contributed by atoms with E-state index >= 15 is 0 Å². The van der Waals surface area contributed by atoms with E-state index < -0.39 is 0 Å². The summed E-state index contributed by atoms with van der Waals surface area (Å²) in [7, 11) is 1.83. The molecule has 0 saturated carbocycles. The SMILES string of the molecule is CNC(C)CNC(=O)c1cnc(-c2ccccc2F)s1. The summed E-state index contributed by atoms with van der Waals surface area (Å²) >= 11 is 1.18. The van der Waals surface area contributed by atoms with Gasteiger partial charge in [-0.1, -0.05) is 12.1 Å². The molecule has 1 amide bonds. The second-order valence-corrected chi connectivity index (χ2v) is 5.44. The third-order valence-corrected chi connectivity index (χ3v) is 3.92. The molecule has 4 nitrogen and oxygen atoms in total. The highest BCUT2D eigenvalue weighted by molar-refractivity contribution is 7.16. The lowest BCUT2D eigenvalue weighted by molar-refractivity contribution is 0.0954. The van der Waals surface area contributed by atoms with Crippen molar-refractivity contribution in [3.05, 3.63) is 41.2 Å². The Kier molecular flexibility index (Phi) is 4.81. The topological polar surface area (TPSA) is 54.0 Å². The first-order chi connectivity index (χ1) is 9.61. The number of hydrogen-bond donors (Lipinski definition) is 2. The Labute approximate surface area is 121 Å². The van der Waals surface area contributed by atoms with E-state index in [0.29, 0.717) is 22.0 Å². The van der Waals surface area contributed by atoms with Gasteiger partial charge in [0.2, 0.25) is 0 Å². The Morgan fingerprint density at radius 2 is 2.20 bits per heavy atom. The second kappa shape index (κ2) is 6.58. The van der Waals surface area contributed by atoms with Gasteiger partial charge in [-0.3, -0.25) is 4.79 Å². The van der Waals surface area contributed by atoms with Crippen LogP contribution in [0.25, 0.3) is 10.6 Å². The summed E-state index contributed by atoms with van der Waals surface area (Å²) in [6, 6.07) is 6.59. The lowest BCUT2D eigenvalue weighted by Gasteiger charge is -2.10. The summed E-state index contributed by atoms with van der Waals surface area (Å²) in [6.45, 7) is 2.50. The van der Waals surface area contributed by atoms with E-state index in [0.717, 1.165) is 0 Å². The van der Waals surface area contributed by atoms with E-state index in [4.69, 9.17) is 0 Å². The molecule has 0 aliphatic heterocycles. The van der Waals surface area contributed by atoms with Crippen molar-refractivity contribution in [1.82, 2.24) is 15.6 Å². The Hall–Kier alpha value is -1.79. The molecule has 1 heterocycles. The normalized spacial score (nSPS) is 12.2. The number of nitrogens with one attached hydrogen (secondary N) is 2. The molecule has 1 aromatic carbocycles. The van der Waals surface area contributed by atoms with E-state index in [9.17, 15) is 9.18 Å². The predicted molar refractivity (Wildman–Crippen MR) is 78.4 cm³/mol. The Morgan fingerprint density at radius 1 is 1.45 bits per heavy atom. The van der Waals surface area contributed by atoms with Crippen LogP contribution in [0, 0.1) is 5.82 Å². The minimum atomic E-state index is -0.336. The first-order valence-corrected chi connectivity index (χ1v) is 7.09. The zero-order chi connectivity index (χ0) is 14.5. The van der Waals surface area contributed by atoms with Crippen LogP contribution in [0.5, 0.6) is 0 Å². The van der Waals surface area contributed by atoms with Crippen LogP contribution in [0.15, 0.2) is 30.5 Å². The van der Waals surface area contributed by atoms with Crippen molar-refractivity contribution in [2.24, 2.45) is 0 Å². The first kappa shape index (κ1) is 14.6. The summed E-state index contributed by atoms with van der Waals surface area (Å²) in [5.74, 6) is -0.523. The molecular weight excluding hydrogens is 277 g/mol. The minimum absolute atomic E-state index is 0.188. The number of amides is 1. The third-order valence-electron chi connectivity index (χ3n) is 2.90. The molecule has 0 aliphatic carbocycles. The van der Waals surface area contributed by atoms with Gasteiger partial charge >= 0.3 is 0 Å². The number of carbonyl (C=O) groups excluding carboxylic acids is 1. The number of carbonyl (C=O) groups is 1. The van der Waals surface area contributed by atoms with Gasteiger partial charge in [-0.15, -0.1) is 11.3 Å². The number of thiazole rings is 1. The zero-order valence-corrected chi connectivity index (χ0v) is 12.1. The maximum Gasteiger partial charge on any atom is 0.263 e. The van der Waals surface area contributed by atoms with Gasteiger partial charge in [0.15, 0.2) is 0 Å². The van der Waals surface area contributed by atoms with Crippen LogP contribution in [0.1, 0.15) is 16.6 Å². The molecule has 0 aliphatic rings. The van der Waals surface area contributed by atoms with Crippen LogP contribution < -0.4 is 10.6 Å². The summed E-state index contributed by atoms with van der Waals surface area (Å²) in [5.41, 5.74) is 0.417. The standard InChI is InChI=1S/C14H16FN3OS/c1-9(16-2)7-17-13(19)12-8-18-14(20-12)10-5-3-4-6-11(10)15/h3-6,8-9,16H,7H2,1-2H3,(H,17,19). The number of likely N-dealkylation sites (N-methyl/N-ethyl adjacent to an activating group) is 1. The van der Waals surface area contributed by atoms with Gasteiger partial charge in [-0.25, -0.2) is 9.37 Å². The fourth-order valence-corrected chi connectivity index (χ4v) is 2.43. The van der Waals surface area contributed by atoms with E-state index in [1.54, 1.807) is 18.2 Å². The molecule has 20 heavy (non-hydrogen) atoms. The Morgan fingerprint density at radius 3 is 2.90 bits per heavy atom. The summed E-state index contributed by atoms with van der Waals surface area (Å²) in [5, 5.41) is 6.35. The van der Waals surface area contributed by atoms with E-state index in [1.807, 2.05) is 14.0 Å². The molecule has 6 heteroatoms. The molecule has 0 bridgehead atoms. The van der Waals surface area contributed by atoms with Crippen LogP contribution >= 0.6 is 11.3 Å². The second-order valence-electron chi connectivity index (χ2n) is 4.41. The quantitative estimate of drug-likeness (QED) is 0.889. The summed E-state index contributed by atoms with van der Waals surface area (Å²) in [4.78, 5) is 16.5. The molecule has 0 spiro atoms. The highest BCUT2D eigenvalue weighted by atomic mass is 32.1. The van der Waals surface area contributed by atoms with Gasteiger partial charge in [-0.05, 0) is 26.1 Å². The van der Waals surface area contributed by atoms with Crippen molar-refractivity contribution in [2.75, 3.05) is 13.6 Å². The molecule has 106 valence electrons. The number of halogens is 1. The fourth-order valence-electron chi connectivity index (χ4n) is 1.57. The molecule has 0 saturated heterocycles. The van der Waals surface area contributed by atoms with Crippen LogP contribution in [0.4, 0.5) is 4.39 Å². The van der Waals surface area contributed by atoms with Gasteiger partial charge in [0.1, 0.15) is 15.7 Å². The van der Waals surface area contributed by atoms with Crippen molar-refractivity contribution < 1.29 is 9.18 Å². The molecular formula is C14H16FN3OS.